The van der Waals surface area contributed by atoms with Gasteiger partial charge in [-0.1, -0.05) is 44.2 Å². The summed E-state index contributed by atoms with van der Waals surface area (Å²) in [6.07, 6.45) is -0.728. The number of nitrogens with zero attached hydrogens (tertiary/aromatic N) is 1. The maximum absolute atomic E-state index is 13.4. The van der Waals surface area contributed by atoms with E-state index in [0.717, 1.165) is 5.56 Å². The first-order chi connectivity index (χ1) is 16.2. The van der Waals surface area contributed by atoms with Gasteiger partial charge in [0.05, 0.1) is 19.8 Å². The van der Waals surface area contributed by atoms with Crippen molar-refractivity contribution >= 4 is 25.4 Å². The van der Waals surface area contributed by atoms with Crippen molar-refractivity contribution in [1.29, 1.82) is 0 Å². The van der Waals surface area contributed by atoms with Crippen molar-refractivity contribution in [1.82, 2.24) is 10.2 Å². The van der Waals surface area contributed by atoms with Crippen LogP contribution >= 0.6 is 7.60 Å². The molecule has 1 aromatic carbocycles. The van der Waals surface area contributed by atoms with E-state index in [1.807, 2.05) is 6.07 Å². The van der Waals surface area contributed by atoms with Gasteiger partial charge in [0.2, 0.25) is 11.8 Å². The Hall–Kier alpha value is -2.30. The number of hydrogen-bond donors (Lipinski definition) is 1. The second-order valence-electron chi connectivity index (χ2n) is 7.45. The van der Waals surface area contributed by atoms with Gasteiger partial charge in [0.1, 0.15) is 18.7 Å². The second-order valence-corrected chi connectivity index (χ2v) is 9.29. The third-order valence-corrected chi connectivity index (χ3v) is 5.68. The summed E-state index contributed by atoms with van der Waals surface area (Å²) in [5.74, 6) is -2.19. The highest BCUT2D eigenvalue weighted by atomic mass is 31.2. The van der Waals surface area contributed by atoms with Gasteiger partial charge >= 0.3 is 13.6 Å². The van der Waals surface area contributed by atoms with Crippen LogP contribution in [0.3, 0.4) is 0 Å². The lowest BCUT2D eigenvalue weighted by Crippen LogP contribution is -2.53. The van der Waals surface area contributed by atoms with Gasteiger partial charge in [-0.25, -0.2) is 9.78 Å². The zero-order valence-electron chi connectivity index (χ0n) is 20.4. The normalized spacial score (nSPS) is 12.3. The lowest BCUT2D eigenvalue weighted by molar-refractivity contribution is -0.262. The predicted octanol–water partition coefficient (Wildman–Crippen LogP) is 2.85. The summed E-state index contributed by atoms with van der Waals surface area (Å²) in [5.41, 5.74) is 0.742. The van der Waals surface area contributed by atoms with E-state index in [2.05, 4.69) is 5.32 Å². The van der Waals surface area contributed by atoms with Crippen LogP contribution in [0.25, 0.3) is 0 Å². The molecule has 1 rings (SSSR count). The van der Waals surface area contributed by atoms with E-state index in [4.69, 9.17) is 23.9 Å². The quantitative estimate of drug-likeness (QED) is 0.157. The average molecular weight is 503 g/mol. The van der Waals surface area contributed by atoms with Crippen LogP contribution in [0.15, 0.2) is 30.3 Å². The lowest BCUT2D eigenvalue weighted by Gasteiger charge is -2.34. The van der Waals surface area contributed by atoms with Gasteiger partial charge in [0, 0.05) is 6.54 Å². The first kappa shape index (κ1) is 29.7. The lowest BCUT2D eigenvalue weighted by atomic mass is 10.0. The van der Waals surface area contributed by atoms with Gasteiger partial charge in [0.15, 0.2) is 0 Å². The molecular formula is C22H35N2O9P. The third kappa shape index (κ3) is 10.3. The molecule has 1 aromatic rings. The highest BCUT2D eigenvalue weighted by molar-refractivity contribution is 7.54. The predicted molar refractivity (Wildman–Crippen MR) is 123 cm³/mol. The molecule has 0 saturated carbocycles. The van der Waals surface area contributed by atoms with Crippen LogP contribution in [0.4, 0.5) is 0 Å². The summed E-state index contributed by atoms with van der Waals surface area (Å²) >= 11 is 0. The van der Waals surface area contributed by atoms with Crippen LogP contribution in [0.1, 0.15) is 40.2 Å². The fourth-order valence-electron chi connectivity index (χ4n) is 2.99. The van der Waals surface area contributed by atoms with Crippen LogP contribution in [0.2, 0.25) is 0 Å². The summed E-state index contributed by atoms with van der Waals surface area (Å²) in [6.45, 7) is 8.38. The minimum absolute atomic E-state index is 0.0403. The van der Waals surface area contributed by atoms with Crippen LogP contribution in [0, 0.1) is 5.92 Å². The minimum Gasteiger partial charge on any atom is -0.465 e. The maximum atomic E-state index is 13.4. The number of ether oxygens (including phenoxy) is 1. The van der Waals surface area contributed by atoms with E-state index >= 15 is 0 Å². The number of carbonyl (C=O) groups excluding carboxylic acids is 3. The first-order valence-electron chi connectivity index (χ1n) is 11.2. The Bertz CT molecular complexity index is 808. The molecule has 0 bridgehead atoms. The zero-order valence-corrected chi connectivity index (χ0v) is 21.2. The van der Waals surface area contributed by atoms with Gasteiger partial charge in [-0.15, -0.1) is 9.35 Å². The van der Waals surface area contributed by atoms with Crippen molar-refractivity contribution in [3.8, 4) is 0 Å². The number of rotatable bonds is 16. The Balaban J connectivity index is 3.21. The van der Waals surface area contributed by atoms with Crippen molar-refractivity contribution in [2.24, 2.45) is 5.92 Å². The molecular weight excluding hydrogens is 467 g/mol. The molecule has 2 amide bonds. The first-order valence-corrected chi connectivity index (χ1v) is 12.9. The van der Waals surface area contributed by atoms with Crippen molar-refractivity contribution in [2.45, 2.75) is 47.2 Å². The third-order valence-electron chi connectivity index (χ3n) is 4.36. The van der Waals surface area contributed by atoms with Crippen molar-refractivity contribution in [2.75, 3.05) is 32.5 Å². The topological polar surface area (TPSA) is 130 Å². The van der Waals surface area contributed by atoms with Gasteiger partial charge in [-0.05, 0) is 32.3 Å². The Morgan fingerprint density at radius 1 is 0.971 bits per heavy atom. The second kappa shape index (κ2) is 15.6. The largest absolute Gasteiger partial charge is 0.465 e. The van der Waals surface area contributed by atoms with Crippen molar-refractivity contribution in [3.63, 3.8) is 0 Å². The molecule has 0 aliphatic heterocycles. The summed E-state index contributed by atoms with van der Waals surface area (Å²) < 4.78 is 27.6. The molecule has 1 atom stereocenters. The Kier molecular flexibility index (Phi) is 13.6. The van der Waals surface area contributed by atoms with E-state index in [1.165, 1.54) is 4.90 Å². The standard InChI is InChI=1S/C22H35N2O9P/c1-6-29-20(26)14-23-22(27)21(17(4)5)24(15-18-12-10-9-11-13-18)19(25)16-34(28,32-30-7-2)33-31-8-3/h9-13,17,21H,6-8,14-16H2,1-5H3,(H,23,27). The molecule has 11 nitrogen and oxygen atoms in total. The summed E-state index contributed by atoms with van der Waals surface area (Å²) in [6, 6.07) is 8.01. The summed E-state index contributed by atoms with van der Waals surface area (Å²) in [7, 11) is -4.15. The van der Waals surface area contributed by atoms with Gasteiger partial charge in [-0.3, -0.25) is 18.9 Å². The maximum Gasteiger partial charge on any atom is 0.393 e. The van der Waals surface area contributed by atoms with Gasteiger partial charge in [-0.2, -0.15) is 0 Å². The Morgan fingerprint density at radius 3 is 2.06 bits per heavy atom. The minimum atomic E-state index is -4.15. The zero-order chi connectivity index (χ0) is 25.6. The monoisotopic (exact) mass is 502 g/mol. The molecule has 1 unspecified atom stereocenters. The molecule has 34 heavy (non-hydrogen) atoms. The van der Waals surface area contributed by atoms with E-state index in [9.17, 15) is 18.9 Å². The number of carbonyl (C=O) groups is 3. The van der Waals surface area contributed by atoms with Gasteiger partial charge in [0.25, 0.3) is 0 Å². The van der Waals surface area contributed by atoms with Crippen molar-refractivity contribution in [3.05, 3.63) is 35.9 Å². The molecule has 0 radical (unpaired) electrons. The number of nitrogens with one attached hydrogen (secondary N) is 1. The number of amides is 2. The molecule has 0 aromatic heterocycles. The number of esters is 1. The summed E-state index contributed by atoms with van der Waals surface area (Å²) in [4.78, 5) is 49.0. The van der Waals surface area contributed by atoms with Crippen LogP contribution in [-0.4, -0.2) is 61.3 Å². The molecule has 0 aliphatic carbocycles. The molecule has 0 aliphatic rings. The highest BCUT2D eigenvalue weighted by Crippen LogP contribution is 2.49. The van der Waals surface area contributed by atoms with E-state index in [0.29, 0.717) is 0 Å². The van der Waals surface area contributed by atoms with Crippen LogP contribution < -0.4 is 5.32 Å². The van der Waals surface area contributed by atoms with E-state index in [1.54, 1.807) is 58.9 Å². The number of benzene rings is 1. The molecule has 0 saturated heterocycles. The Morgan fingerprint density at radius 2 is 1.56 bits per heavy atom. The van der Waals surface area contributed by atoms with Crippen LogP contribution in [0.5, 0.6) is 0 Å². The smallest absolute Gasteiger partial charge is 0.393 e. The van der Waals surface area contributed by atoms with Gasteiger partial charge < -0.3 is 15.0 Å². The van der Waals surface area contributed by atoms with Crippen molar-refractivity contribution < 1.29 is 42.8 Å². The average Bonchev–Trinajstić information content (AvgIpc) is 2.80. The van der Waals surface area contributed by atoms with E-state index < -0.39 is 37.6 Å². The Labute approximate surface area is 200 Å². The number of hydrogen-bond acceptors (Lipinski definition) is 9. The highest BCUT2D eigenvalue weighted by Gasteiger charge is 2.39. The molecule has 0 fully saturated rings. The van der Waals surface area contributed by atoms with E-state index in [-0.39, 0.29) is 38.8 Å². The van der Waals surface area contributed by atoms with Crippen LogP contribution in [-0.2, 0) is 49.4 Å². The molecule has 0 spiro atoms. The fourth-order valence-corrected chi connectivity index (χ4v) is 4.16. The molecule has 1 N–H and O–H groups in total. The fraction of sp³-hybridized carbons (Fsp3) is 0.591. The molecule has 0 heterocycles. The summed E-state index contributed by atoms with van der Waals surface area (Å²) in [5, 5.41) is 2.51. The molecule has 192 valence electrons. The molecule has 12 heteroatoms. The SMILES string of the molecule is CCOOP(=O)(CC(=O)N(Cc1ccccc1)C(C(=O)NCC(=O)OCC)C(C)C)OOCC.